The average Bonchev–Trinajstić information content (AvgIpc) is 2.60. The first-order valence-corrected chi connectivity index (χ1v) is 5.92. The van der Waals surface area contributed by atoms with Gasteiger partial charge in [0.05, 0.1) is 5.88 Å². The number of fused-ring (bicyclic) bond motifs is 1. The molecular weight excluding hydrogens is 204 g/mol. The van der Waals surface area contributed by atoms with Crippen LogP contribution in [-0.4, -0.2) is 11.7 Å². The molecule has 0 saturated carbocycles. The quantitative estimate of drug-likeness (QED) is 0.546. The molecule has 0 saturated heterocycles. The smallest absolute Gasteiger partial charge is 0.178 e. The molecule has 0 atom stereocenters. The van der Waals surface area contributed by atoms with Crippen molar-refractivity contribution in [1.82, 2.24) is 0 Å². The average molecular weight is 215 g/mol. The number of hydrogen-bond donors (Lipinski definition) is 0. The Morgan fingerprint density at radius 3 is 3.00 bits per heavy atom. The predicted octanol–water partition coefficient (Wildman–Crippen LogP) is 3.05. The number of halogens is 1. The van der Waals surface area contributed by atoms with E-state index in [2.05, 4.69) is 0 Å². The molecule has 0 bridgehead atoms. The fourth-order valence-electron chi connectivity index (χ4n) is 1.80. The molecule has 0 spiro atoms. The van der Waals surface area contributed by atoms with E-state index < -0.39 is 0 Å². The van der Waals surface area contributed by atoms with Gasteiger partial charge in [-0.2, -0.15) is 0 Å². The molecular formula is C10H11ClOS. The first-order chi connectivity index (χ1) is 6.33. The molecule has 1 aromatic heterocycles. The van der Waals surface area contributed by atoms with Crippen molar-refractivity contribution in [2.45, 2.75) is 25.7 Å². The van der Waals surface area contributed by atoms with E-state index >= 15 is 0 Å². The maximum absolute atomic E-state index is 11.4. The Labute approximate surface area is 86.7 Å². The van der Waals surface area contributed by atoms with Crippen LogP contribution in [0.5, 0.6) is 0 Å². The molecule has 1 heterocycles. The molecule has 1 aliphatic carbocycles. The number of aryl methyl sites for hydroxylation is 1. The number of Topliss-reactive ketones (excluding diaryl/α,β-unsaturated/α-hetero) is 1. The van der Waals surface area contributed by atoms with Crippen LogP contribution in [0.4, 0.5) is 0 Å². The third kappa shape index (κ3) is 1.65. The van der Waals surface area contributed by atoms with Gasteiger partial charge in [-0.25, -0.2) is 0 Å². The number of carbonyl (C=O) groups is 1. The van der Waals surface area contributed by atoms with E-state index in [1.165, 1.54) is 23.3 Å². The highest BCUT2D eigenvalue weighted by atomic mass is 35.5. The Morgan fingerprint density at radius 1 is 1.46 bits per heavy atom. The molecule has 0 aromatic carbocycles. The van der Waals surface area contributed by atoms with Gasteiger partial charge < -0.3 is 0 Å². The fourth-order valence-corrected chi connectivity index (χ4v) is 3.09. The van der Waals surface area contributed by atoms with E-state index in [4.69, 9.17) is 11.6 Å². The van der Waals surface area contributed by atoms with Gasteiger partial charge in [-0.15, -0.1) is 22.9 Å². The third-order valence-electron chi connectivity index (χ3n) is 2.48. The summed E-state index contributed by atoms with van der Waals surface area (Å²) < 4.78 is 0. The van der Waals surface area contributed by atoms with Gasteiger partial charge >= 0.3 is 0 Å². The maximum Gasteiger partial charge on any atom is 0.178 e. The zero-order valence-electron chi connectivity index (χ0n) is 7.31. The van der Waals surface area contributed by atoms with Crippen molar-refractivity contribution in [2.75, 3.05) is 5.88 Å². The van der Waals surface area contributed by atoms with Crippen LogP contribution in [0.2, 0.25) is 0 Å². The maximum atomic E-state index is 11.4. The molecule has 1 aromatic rings. The van der Waals surface area contributed by atoms with Crippen molar-refractivity contribution in [3.05, 3.63) is 21.4 Å². The third-order valence-corrected chi connectivity index (χ3v) is 3.81. The largest absolute Gasteiger partial charge is 0.293 e. The second-order valence-electron chi connectivity index (χ2n) is 3.32. The number of hydrogen-bond acceptors (Lipinski definition) is 2. The van der Waals surface area contributed by atoms with E-state index in [9.17, 15) is 4.79 Å². The van der Waals surface area contributed by atoms with Crippen LogP contribution in [0.3, 0.4) is 0 Å². The first kappa shape index (κ1) is 9.22. The summed E-state index contributed by atoms with van der Waals surface area (Å²) in [5, 5.41) is 1.97. The number of alkyl halides is 1. The minimum absolute atomic E-state index is 0.0843. The Morgan fingerprint density at radius 2 is 2.23 bits per heavy atom. The summed E-state index contributed by atoms with van der Waals surface area (Å²) in [5.41, 5.74) is 2.16. The van der Waals surface area contributed by atoms with Crippen LogP contribution in [0, 0.1) is 0 Å². The van der Waals surface area contributed by atoms with Gasteiger partial charge in [-0.1, -0.05) is 0 Å². The molecule has 0 N–H and O–H groups in total. The van der Waals surface area contributed by atoms with Gasteiger partial charge in [-0.05, 0) is 31.2 Å². The number of rotatable bonds is 2. The van der Waals surface area contributed by atoms with Gasteiger partial charge in [0.25, 0.3) is 0 Å². The predicted molar refractivity (Wildman–Crippen MR) is 56.0 cm³/mol. The summed E-state index contributed by atoms with van der Waals surface area (Å²) in [6.45, 7) is 0. The van der Waals surface area contributed by atoms with Crippen LogP contribution in [0.25, 0.3) is 0 Å². The van der Waals surface area contributed by atoms with E-state index in [0.29, 0.717) is 0 Å². The van der Waals surface area contributed by atoms with Crippen molar-refractivity contribution < 1.29 is 4.79 Å². The normalized spacial score (nSPS) is 15.5. The van der Waals surface area contributed by atoms with Crippen molar-refractivity contribution in [3.8, 4) is 0 Å². The number of carbonyl (C=O) groups excluding carboxylic acids is 1. The van der Waals surface area contributed by atoms with Crippen LogP contribution in [-0.2, 0) is 12.8 Å². The summed E-state index contributed by atoms with van der Waals surface area (Å²) in [5.74, 6) is 0.199. The van der Waals surface area contributed by atoms with Crippen molar-refractivity contribution in [3.63, 3.8) is 0 Å². The summed E-state index contributed by atoms with van der Waals surface area (Å²) >= 11 is 7.26. The Hall–Kier alpha value is -0.340. The zero-order chi connectivity index (χ0) is 9.26. The number of thiophene rings is 1. The summed E-state index contributed by atoms with van der Waals surface area (Å²) in [6, 6.07) is 0. The lowest BCUT2D eigenvalue weighted by Crippen LogP contribution is -2.06. The zero-order valence-corrected chi connectivity index (χ0v) is 8.88. The Bertz CT molecular complexity index is 330. The van der Waals surface area contributed by atoms with E-state index in [1.807, 2.05) is 5.38 Å². The fraction of sp³-hybridized carbons (Fsp3) is 0.500. The summed E-state index contributed by atoms with van der Waals surface area (Å²) in [6.07, 6.45) is 4.70. The Kier molecular flexibility index (Phi) is 2.70. The monoisotopic (exact) mass is 214 g/mol. The second-order valence-corrected chi connectivity index (χ2v) is 4.55. The first-order valence-electron chi connectivity index (χ1n) is 4.51. The van der Waals surface area contributed by atoms with E-state index in [0.717, 1.165) is 18.4 Å². The molecule has 0 unspecified atom stereocenters. The van der Waals surface area contributed by atoms with Gasteiger partial charge in [0, 0.05) is 15.8 Å². The summed E-state index contributed by atoms with van der Waals surface area (Å²) in [7, 11) is 0. The van der Waals surface area contributed by atoms with Crippen molar-refractivity contribution in [2.24, 2.45) is 0 Å². The molecule has 0 aliphatic heterocycles. The minimum Gasteiger partial charge on any atom is -0.293 e. The Balaban J connectivity index is 2.36. The minimum atomic E-state index is 0.0843. The van der Waals surface area contributed by atoms with Gasteiger partial charge in [0.2, 0.25) is 0 Å². The van der Waals surface area contributed by atoms with Crippen LogP contribution < -0.4 is 0 Å². The van der Waals surface area contributed by atoms with Gasteiger partial charge in [0.1, 0.15) is 0 Å². The van der Waals surface area contributed by atoms with Crippen LogP contribution in [0.15, 0.2) is 5.38 Å². The molecule has 13 heavy (non-hydrogen) atoms. The highest BCUT2D eigenvalue weighted by Crippen LogP contribution is 2.30. The molecule has 0 radical (unpaired) electrons. The van der Waals surface area contributed by atoms with Crippen molar-refractivity contribution >= 4 is 28.7 Å². The molecule has 3 heteroatoms. The summed E-state index contributed by atoms with van der Waals surface area (Å²) in [4.78, 5) is 12.8. The van der Waals surface area contributed by atoms with E-state index in [-0.39, 0.29) is 11.7 Å². The van der Waals surface area contributed by atoms with Gasteiger partial charge in [-0.3, -0.25) is 4.79 Å². The lowest BCUT2D eigenvalue weighted by atomic mass is 9.95. The lowest BCUT2D eigenvalue weighted by Gasteiger charge is -2.11. The van der Waals surface area contributed by atoms with E-state index in [1.54, 1.807) is 11.3 Å². The second kappa shape index (κ2) is 3.81. The standard InChI is InChI=1S/C10H11ClOS/c11-5-9(12)8-6-13-10-4-2-1-3-7(8)10/h6H,1-5H2. The molecule has 1 nitrogen and oxygen atoms in total. The lowest BCUT2D eigenvalue weighted by molar-refractivity contribution is 0.102. The number of ketones is 1. The van der Waals surface area contributed by atoms with Crippen molar-refractivity contribution in [1.29, 1.82) is 0 Å². The van der Waals surface area contributed by atoms with Crippen LogP contribution in [0.1, 0.15) is 33.6 Å². The highest BCUT2D eigenvalue weighted by molar-refractivity contribution is 7.10. The molecule has 70 valence electrons. The van der Waals surface area contributed by atoms with Crippen LogP contribution >= 0.6 is 22.9 Å². The molecule has 2 rings (SSSR count). The molecule has 1 aliphatic rings. The van der Waals surface area contributed by atoms with Gasteiger partial charge in [0.15, 0.2) is 5.78 Å². The molecule has 0 amide bonds. The molecule has 0 fully saturated rings. The topological polar surface area (TPSA) is 17.1 Å². The highest BCUT2D eigenvalue weighted by Gasteiger charge is 2.18. The SMILES string of the molecule is O=C(CCl)c1csc2c1CCCC2.